The third-order valence-corrected chi connectivity index (χ3v) is 6.49. The molecule has 1 aliphatic heterocycles. The van der Waals surface area contributed by atoms with Gasteiger partial charge in [0.15, 0.2) is 5.82 Å². The Balaban J connectivity index is 1.26. The molecule has 0 amide bonds. The van der Waals surface area contributed by atoms with Crippen molar-refractivity contribution in [2.24, 2.45) is 0 Å². The maximum atomic E-state index is 12.8. The maximum absolute atomic E-state index is 12.8. The zero-order valence-electron chi connectivity index (χ0n) is 16.9. The van der Waals surface area contributed by atoms with Crippen LogP contribution in [0, 0.1) is 0 Å². The fourth-order valence-electron chi connectivity index (χ4n) is 3.73. The Morgan fingerprint density at radius 3 is 2.47 bits per heavy atom. The first-order chi connectivity index (χ1) is 15.5. The van der Waals surface area contributed by atoms with Gasteiger partial charge in [-0.25, -0.2) is 19.9 Å². The van der Waals surface area contributed by atoms with Gasteiger partial charge in [0.2, 0.25) is 0 Å². The molecule has 0 atom stereocenters. The van der Waals surface area contributed by atoms with Crippen LogP contribution in [0.4, 0.5) is 13.2 Å². The molecule has 0 unspecified atom stereocenters. The van der Waals surface area contributed by atoms with E-state index < -0.39 is 11.7 Å². The van der Waals surface area contributed by atoms with Crippen LogP contribution in [-0.2, 0) is 25.7 Å². The van der Waals surface area contributed by atoms with E-state index in [0.29, 0.717) is 5.82 Å². The monoisotopic (exact) mass is 453 g/mol. The second kappa shape index (κ2) is 8.40. The largest absolute Gasteiger partial charge is 0.416 e. The van der Waals surface area contributed by atoms with Crippen LogP contribution in [0.2, 0.25) is 0 Å². The molecular weight excluding hydrogens is 435 g/mol. The molecule has 4 aromatic rings. The number of halogens is 3. The van der Waals surface area contributed by atoms with Crippen LogP contribution < -0.4 is 0 Å². The number of fused-ring (bicyclic) bond motifs is 1. The van der Waals surface area contributed by atoms with Gasteiger partial charge in [0.25, 0.3) is 0 Å². The molecule has 4 heterocycles. The Bertz CT molecular complexity index is 1220. The molecule has 3 aromatic heterocycles. The number of nitrogens with zero attached hydrogens (tertiary/aromatic N) is 5. The van der Waals surface area contributed by atoms with E-state index in [1.165, 1.54) is 23.3 Å². The van der Waals surface area contributed by atoms with E-state index in [4.69, 9.17) is 4.98 Å². The van der Waals surface area contributed by atoms with E-state index in [0.717, 1.165) is 65.4 Å². The first-order valence-corrected chi connectivity index (χ1v) is 10.9. The van der Waals surface area contributed by atoms with E-state index in [2.05, 4.69) is 19.9 Å². The molecule has 0 saturated heterocycles. The van der Waals surface area contributed by atoms with Gasteiger partial charge >= 0.3 is 6.18 Å². The summed E-state index contributed by atoms with van der Waals surface area (Å²) in [6.45, 7) is 2.41. The summed E-state index contributed by atoms with van der Waals surface area (Å²) in [5.74, 6) is 0.636. The quantitative estimate of drug-likeness (QED) is 0.423. The Morgan fingerprint density at radius 2 is 1.72 bits per heavy atom. The predicted molar refractivity (Wildman–Crippen MR) is 116 cm³/mol. The number of hydrogen-bond donors (Lipinski definition) is 0. The van der Waals surface area contributed by atoms with Gasteiger partial charge in [-0.1, -0.05) is 12.1 Å². The molecule has 0 N–H and O–H groups in total. The molecule has 0 fully saturated rings. The minimum Gasteiger partial charge on any atom is -0.293 e. The molecular formula is C23H18F3N5S. The van der Waals surface area contributed by atoms with Crippen LogP contribution in [0.15, 0.2) is 61.3 Å². The number of aromatic nitrogens is 4. The molecule has 9 heteroatoms. The summed E-state index contributed by atoms with van der Waals surface area (Å²) >= 11 is 1.61. The molecule has 0 spiro atoms. The lowest BCUT2D eigenvalue weighted by atomic mass is 10.1. The highest BCUT2D eigenvalue weighted by atomic mass is 32.1. The number of rotatable bonds is 4. The first-order valence-electron chi connectivity index (χ1n) is 10.0. The van der Waals surface area contributed by atoms with Gasteiger partial charge < -0.3 is 0 Å². The summed E-state index contributed by atoms with van der Waals surface area (Å²) in [5, 5.41) is 0. The fourth-order valence-corrected chi connectivity index (χ4v) is 4.78. The van der Waals surface area contributed by atoms with Crippen molar-refractivity contribution in [3.8, 4) is 21.8 Å². The smallest absolute Gasteiger partial charge is 0.293 e. The normalized spacial score (nSPS) is 14.3. The Hall–Kier alpha value is -3.17. The topological polar surface area (TPSA) is 54.8 Å². The number of benzene rings is 1. The highest BCUT2D eigenvalue weighted by molar-refractivity contribution is 7.15. The van der Waals surface area contributed by atoms with Crippen molar-refractivity contribution in [1.29, 1.82) is 0 Å². The van der Waals surface area contributed by atoms with Crippen molar-refractivity contribution in [2.75, 3.05) is 6.54 Å². The molecule has 5 rings (SSSR count). The third-order valence-electron chi connectivity index (χ3n) is 5.37. The number of thiophene rings is 1. The predicted octanol–water partition coefficient (Wildman–Crippen LogP) is 5.24. The molecule has 0 bridgehead atoms. The second-order valence-corrected chi connectivity index (χ2v) is 8.76. The summed E-state index contributed by atoms with van der Waals surface area (Å²) in [6, 6.07) is 9.34. The molecule has 0 aliphatic carbocycles. The molecule has 0 radical (unpaired) electrons. The lowest BCUT2D eigenvalue weighted by Crippen LogP contribution is -2.30. The van der Waals surface area contributed by atoms with E-state index in [9.17, 15) is 13.2 Å². The molecule has 1 aliphatic rings. The summed E-state index contributed by atoms with van der Waals surface area (Å²) in [7, 11) is 0. The number of hydrogen-bond acceptors (Lipinski definition) is 6. The van der Waals surface area contributed by atoms with Gasteiger partial charge in [0.1, 0.15) is 6.33 Å². The van der Waals surface area contributed by atoms with Crippen molar-refractivity contribution in [3.63, 3.8) is 0 Å². The average molecular weight is 453 g/mol. The molecule has 1 aromatic carbocycles. The van der Waals surface area contributed by atoms with Crippen molar-refractivity contribution in [3.05, 3.63) is 83.0 Å². The highest BCUT2D eigenvalue weighted by Crippen LogP contribution is 2.34. The van der Waals surface area contributed by atoms with Gasteiger partial charge in [-0.3, -0.25) is 4.90 Å². The maximum Gasteiger partial charge on any atom is 0.416 e. The zero-order chi connectivity index (χ0) is 22.1. The van der Waals surface area contributed by atoms with E-state index in [1.807, 2.05) is 18.3 Å². The molecule has 32 heavy (non-hydrogen) atoms. The Labute approximate surface area is 186 Å². The standard InChI is InChI=1S/C23H18F3N5S/c24-23(25,26)18-3-1-15(2-4-18)21-6-5-19(32-21)13-31-8-7-20-17(12-31)11-29-22(30-20)16-9-27-14-28-10-16/h1-6,9-11,14H,7-8,12-13H2. The van der Waals surface area contributed by atoms with Gasteiger partial charge in [0.05, 0.1) is 16.8 Å². The first kappa shape index (κ1) is 20.7. The van der Waals surface area contributed by atoms with Crippen LogP contribution in [0.25, 0.3) is 21.8 Å². The molecule has 0 saturated carbocycles. The Kier molecular flexibility index (Phi) is 5.44. The van der Waals surface area contributed by atoms with Gasteiger partial charge in [-0.05, 0) is 29.8 Å². The van der Waals surface area contributed by atoms with Gasteiger partial charge in [-0.2, -0.15) is 13.2 Å². The van der Waals surface area contributed by atoms with Crippen LogP contribution in [0.1, 0.15) is 21.7 Å². The van der Waals surface area contributed by atoms with Crippen LogP contribution >= 0.6 is 11.3 Å². The zero-order valence-corrected chi connectivity index (χ0v) is 17.7. The van der Waals surface area contributed by atoms with E-state index >= 15 is 0 Å². The van der Waals surface area contributed by atoms with Crippen molar-refractivity contribution < 1.29 is 13.2 Å². The molecule has 5 nitrogen and oxygen atoms in total. The van der Waals surface area contributed by atoms with Crippen molar-refractivity contribution >= 4 is 11.3 Å². The van der Waals surface area contributed by atoms with Crippen molar-refractivity contribution in [1.82, 2.24) is 24.8 Å². The van der Waals surface area contributed by atoms with Gasteiger partial charge in [0, 0.05) is 60.0 Å². The lowest BCUT2D eigenvalue weighted by Gasteiger charge is -2.27. The lowest BCUT2D eigenvalue weighted by molar-refractivity contribution is -0.137. The average Bonchev–Trinajstić information content (AvgIpc) is 3.27. The summed E-state index contributed by atoms with van der Waals surface area (Å²) in [5.41, 5.74) is 3.12. The van der Waals surface area contributed by atoms with Gasteiger partial charge in [-0.15, -0.1) is 11.3 Å². The summed E-state index contributed by atoms with van der Waals surface area (Å²) in [4.78, 5) is 21.7. The minimum atomic E-state index is -4.32. The third kappa shape index (κ3) is 4.39. The highest BCUT2D eigenvalue weighted by Gasteiger charge is 2.30. The van der Waals surface area contributed by atoms with Crippen LogP contribution in [-0.4, -0.2) is 31.4 Å². The van der Waals surface area contributed by atoms with Crippen LogP contribution in [0.5, 0.6) is 0 Å². The molecule has 162 valence electrons. The summed E-state index contributed by atoms with van der Waals surface area (Å²) in [6.07, 6.45) is 3.27. The van der Waals surface area contributed by atoms with Crippen LogP contribution in [0.3, 0.4) is 0 Å². The fraction of sp³-hybridized carbons (Fsp3) is 0.217. The SMILES string of the molecule is FC(F)(F)c1ccc(-c2ccc(CN3CCc4nc(-c5cncnc5)ncc4C3)s2)cc1. The van der Waals surface area contributed by atoms with E-state index in [1.54, 1.807) is 23.7 Å². The Morgan fingerprint density at radius 1 is 0.938 bits per heavy atom. The number of alkyl halides is 3. The summed E-state index contributed by atoms with van der Waals surface area (Å²) < 4.78 is 38.3. The second-order valence-electron chi connectivity index (χ2n) is 7.59. The van der Waals surface area contributed by atoms with Crippen molar-refractivity contribution in [2.45, 2.75) is 25.7 Å². The minimum absolute atomic E-state index is 0.629. The van der Waals surface area contributed by atoms with E-state index in [-0.39, 0.29) is 0 Å².